The number of benzene rings is 2. The third-order valence-corrected chi connectivity index (χ3v) is 3.42. The molecule has 0 radical (unpaired) electrons. The monoisotopic (exact) mass is 271 g/mol. The highest BCUT2D eigenvalue weighted by Crippen LogP contribution is 2.29. The van der Waals surface area contributed by atoms with Crippen molar-refractivity contribution in [2.45, 2.75) is 19.9 Å². The van der Waals surface area contributed by atoms with Gasteiger partial charge in [-0.3, -0.25) is 0 Å². The molecule has 3 nitrogen and oxygen atoms in total. The molecule has 2 aromatic rings. The van der Waals surface area contributed by atoms with Crippen LogP contribution in [-0.4, -0.2) is 18.8 Å². The van der Waals surface area contributed by atoms with Gasteiger partial charge >= 0.3 is 0 Å². The van der Waals surface area contributed by atoms with E-state index in [1.165, 1.54) is 11.1 Å². The Morgan fingerprint density at radius 3 is 2.55 bits per heavy atom. The third-order valence-electron chi connectivity index (χ3n) is 3.42. The van der Waals surface area contributed by atoms with E-state index >= 15 is 0 Å². The van der Waals surface area contributed by atoms with Crippen molar-refractivity contribution in [2.75, 3.05) is 19.0 Å². The van der Waals surface area contributed by atoms with Crippen molar-refractivity contribution >= 4 is 5.69 Å². The maximum Gasteiger partial charge on any atom is 0.141 e. The van der Waals surface area contributed by atoms with Gasteiger partial charge in [0.15, 0.2) is 0 Å². The van der Waals surface area contributed by atoms with E-state index in [0.717, 1.165) is 17.0 Å². The van der Waals surface area contributed by atoms with E-state index in [0.29, 0.717) is 0 Å². The molecule has 1 atom stereocenters. The SMILES string of the molecule is COc1ccccc1NC(CO)c1ccc(C)cc1C. The number of ether oxygens (including phenoxy) is 1. The van der Waals surface area contributed by atoms with Crippen LogP contribution in [0.2, 0.25) is 0 Å². The van der Waals surface area contributed by atoms with Gasteiger partial charge in [-0.15, -0.1) is 0 Å². The first-order valence-electron chi connectivity index (χ1n) is 6.73. The van der Waals surface area contributed by atoms with Gasteiger partial charge in [-0.1, -0.05) is 35.9 Å². The van der Waals surface area contributed by atoms with Gasteiger partial charge in [-0.2, -0.15) is 0 Å². The van der Waals surface area contributed by atoms with Crippen molar-refractivity contribution in [2.24, 2.45) is 0 Å². The van der Waals surface area contributed by atoms with Crippen LogP contribution in [-0.2, 0) is 0 Å². The molecule has 0 bridgehead atoms. The second-order valence-corrected chi connectivity index (χ2v) is 4.94. The molecule has 106 valence electrons. The Bertz CT molecular complexity index is 581. The molecular weight excluding hydrogens is 250 g/mol. The third kappa shape index (κ3) is 3.11. The molecule has 0 amide bonds. The minimum Gasteiger partial charge on any atom is -0.495 e. The number of para-hydroxylation sites is 2. The maximum absolute atomic E-state index is 9.69. The number of aliphatic hydroxyl groups is 1. The summed E-state index contributed by atoms with van der Waals surface area (Å²) in [5.74, 6) is 0.774. The highest BCUT2D eigenvalue weighted by Gasteiger charge is 2.14. The fourth-order valence-corrected chi connectivity index (χ4v) is 2.39. The maximum atomic E-state index is 9.69. The number of methoxy groups -OCH3 is 1. The topological polar surface area (TPSA) is 41.5 Å². The molecule has 0 fully saturated rings. The van der Waals surface area contributed by atoms with E-state index in [-0.39, 0.29) is 12.6 Å². The van der Waals surface area contributed by atoms with Crippen LogP contribution in [0.1, 0.15) is 22.7 Å². The molecule has 2 N–H and O–H groups in total. The summed E-state index contributed by atoms with van der Waals surface area (Å²) in [7, 11) is 1.64. The van der Waals surface area contributed by atoms with Crippen LogP contribution in [0.4, 0.5) is 5.69 Å². The van der Waals surface area contributed by atoms with E-state index in [9.17, 15) is 5.11 Å². The Morgan fingerprint density at radius 1 is 1.15 bits per heavy atom. The average Bonchev–Trinajstić information content (AvgIpc) is 2.46. The Labute approximate surface area is 120 Å². The summed E-state index contributed by atoms with van der Waals surface area (Å²) in [6.07, 6.45) is 0. The molecule has 0 aliphatic rings. The Kier molecular flexibility index (Phi) is 4.64. The number of hydrogen-bond donors (Lipinski definition) is 2. The average molecular weight is 271 g/mol. The number of rotatable bonds is 5. The normalized spacial score (nSPS) is 12.0. The highest BCUT2D eigenvalue weighted by atomic mass is 16.5. The summed E-state index contributed by atoms with van der Waals surface area (Å²) in [5.41, 5.74) is 4.38. The molecule has 0 aliphatic heterocycles. The van der Waals surface area contributed by atoms with Crippen LogP contribution in [0.25, 0.3) is 0 Å². The van der Waals surface area contributed by atoms with Gasteiger partial charge in [0.1, 0.15) is 5.75 Å². The van der Waals surface area contributed by atoms with Crippen LogP contribution < -0.4 is 10.1 Å². The van der Waals surface area contributed by atoms with E-state index in [1.54, 1.807) is 7.11 Å². The zero-order valence-corrected chi connectivity index (χ0v) is 12.2. The van der Waals surface area contributed by atoms with E-state index in [2.05, 4.69) is 37.4 Å². The first-order chi connectivity index (χ1) is 9.65. The van der Waals surface area contributed by atoms with Crippen molar-refractivity contribution in [1.29, 1.82) is 0 Å². The van der Waals surface area contributed by atoms with Crippen molar-refractivity contribution in [1.82, 2.24) is 0 Å². The van der Waals surface area contributed by atoms with Gasteiger partial charge in [0.25, 0.3) is 0 Å². The highest BCUT2D eigenvalue weighted by molar-refractivity contribution is 5.57. The number of aryl methyl sites for hydroxylation is 2. The standard InChI is InChI=1S/C17H21NO2/c1-12-8-9-14(13(2)10-12)16(11-19)18-15-6-4-5-7-17(15)20-3/h4-10,16,18-19H,11H2,1-3H3. The lowest BCUT2D eigenvalue weighted by atomic mass is 9.99. The lowest BCUT2D eigenvalue weighted by molar-refractivity contribution is 0.275. The van der Waals surface area contributed by atoms with Gasteiger partial charge < -0.3 is 15.2 Å². The fraction of sp³-hybridized carbons (Fsp3) is 0.294. The number of nitrogens with one attached hydrogen (secondary N) is 1. The van der Waals surface area contributed by atoms with Gasteiger partial charge in [-0.05, 0) is 37.1 Å². The van der Waals surface area contributed by atoms with E-state index in [1.807, 2.05) is 24.3 Å². The van der Waals surface area contributed by atoms with E-state index < -0.39 is 0 Å². The van der Waals surface area contributed by atoms with Gasteiger partial charge in [0.05, 0.1) is 25.4 Å². The quantitative estimate of drug-likeness (QED) is 0.875. The number of anilines is 1. The summed E-state index contributed by atoms with van der Waals surface area (Å²) >= 11 is 0. The summed E-state index contributed by atoms with van der Waals surface area (Å²) in [6.45, 7) is 4.16. The molecule has 20 heavy (non-hydrogen) atoms. The predicted octanol–water partition coefficient (Wildman–Crippen LogP) is 3.46. The smallest absolute Gasteiger partial charge is 0.141 e. The van der Waals surface area contributed by atoms with Crippen LogP contribution in [0.3, 0.4) is 0 Å². The minimum atomic E-state index is -0.146. The van der Waals surface area contributed by atoms with Crippen LogP contribution in [0, 0.1) is 13.8 Å². The summed E-state index contributed by atoms with van der Waals surface area (Å²) in [4.78, 5) is 0. The second-order valence-electron chi connectivity index (χ2n) is 4.94. The van der Waals surface area contributed by atoms with Crippen LogP contribution in [0.15, 0.2) is 42.5 Å². The Morgan fingerprint density at radius 2 is 1.90 bits per heavy atom. The lowest BCUT2D eigenvalue weighted by Crippen LogP contribution is -2.16. The molecule has 0 saturated carbocycles. The second kappa shape index (κ2) is 6.44. The molecule has 0 heterocycles. The molecule has 0 aromatic heterocycles. The predicted molar refractivity (Wildman–Crippen MR) is 82.4 cm³/mol. The molecule has 0 spiro atoms. The van der Waals surface area contributed by atoms with Crippen LogP contribution >= 0.6 is 0 Å². The molecule has 1 unspecified atom stereocenters. The van der Waals surface area contributed by atoms with Gasteiger partial charge in [0, 0.05) is 0 Å². The zero-order valence-electron chi connectivity index (χ0n) is 12.2. The molecule has 2 aromatic carbocycles. The minimum absolute atomic E-state index is 0.0297. The Hall–Kier alpha value is -2.00. The Balaban J connectivity index is 2.29. The van der Waals surface area contributed by atoms with Gasteiger partial charge in [0.2, 0.25) is 0 Å². The number of hydrogen-bond acceptors (Lipinski definition) is 3. The van der Waals surface area contributed by atoms with Gasteiger partial charge in [-0.25, -0.2) is 0 Å². The van der Waals surface area contributed by atoms with Crippen LogP contribution in [0.5, 0.6) is 5.75 Å². The first kappa shape index (κ1) is 14.4. The van der Waals surface area contributed by atoms with Crippen molar-refractivity contribution in [3.63, 3.8) is 0 Å². The van der Waals surface area contributed by atoms with Crippen molar-refractivity contribution < 1.29 is 9.84 Å². The van der Waals surface area contributed by atoms with Crippen molar-refractivity contribution in [3.05, 3.63) is 59.2 Å². The molecular formula is C17H21NO2. The molecule has 2 rings (SSSR count). The summed E-state index contributed by atoms with van der Waals surface area (Å²) in [5, 5.41) is 13.0. The fourth-order valence-electron chi connectivity index (χ4n) is 2.39. The first-order valence-corrected chi connectivity index (χ1v) is 6.73. The zero-order chi connectivity index (χ0) is 14.5. The lowest BCUT2D eigenvalue weighted by Gasteiger charge is -2.21. The molecule has 3 heteroatoms. The van der Waals surface area contributed by atoms with Crippen molar-refractivity contribution in [3.8, 4) is 5.75 Å². The molecule has 0 aliphatic carbocycles. The summed E-state index contributed by atoms with van der Waals surface area (Å²) in [6, 6.07) is 13.8. The summed E-state index contributed by atoms with van der Waals surface area (Å²) < 4.78 is 5.33. The number of aliphatic hydroxyl groups excluding tert-OH is 1. The molecule has 0 saturated heterocycles. The van der Waals surface area contributed by atoms with E-state index in [4.69, 9.17) is 4.74 Å². The largest absolute Gasteiger partial charge is 0.495 e.